The van der Waals surface area contributed by atoms with E-state index in [-0.39, 0.29) is 21.7 Å². The van der Waals surface area contributed by atoms with Crippen molar-refractivity contribution < 1.29 is 0 Å². The molecule has 3 aliphatic rings. The number of anilines is 3. The molecule has 0 unspecified atom stereocenters. The van der Waals surface area contributed by atoms with Crippen molar-refractivity contribution in [2.24, 2.45) is 0 Å². The smallest absolute Gasteiger partial charge is 0.0540 e. The minimum absolute atomic E-state index is 0.00561. The number of benzene rings is 7. The van der Waals surface area contributed by atoms with Crippen molar-refractivity contribution in [3.63, 3.8) is 0 Å². The van der Waals surface area contributed by atoms with Gasteiger partial charge in [0.2, 0.25) is 0 Å². The zero-order valence-electron chi connectivity index (χ0n) is 36.9. The summed E-state index contributed by atoms with van der Waals surface area (Å²) in [5.74, 6) is 0. The summed E-state index contributed by atoms with van der Waals surface area (Å²) in [6, 6.07) is 58.4. The van der Waals surface area contributed by atoms with E-state index in [1.807, 2.05) is 0 Å². The van der Waals surface area contributed by atoms with E-state index in [1.54, 1.807) is 0 Å². The first kappa shape index (κ1) is 38.5. The number of hydrogen-bond acceptors (Lipinski definition) is 1. The van der Waals surface area contributed by atoms with Crippen LogP contribution >= 0.6 is 0 Å². The molecule has 0 aliphatic heterocycles. The highest BCUT2D eigenvalue weighted by Gasteiger charge is 2.44. The lowest BCUT2D eigenvalue weighted by atomic mass is 9.68. The van der Waals surface area contributed by atoms with Crippen LogP contribution < -0.4 is 4.90 Å². The fourth-order valence-corrected chi connectivity index (χ4v) is 11.2. The molecule has 7 aromatic carbocycles. The number of rotatable bonds is 5. The molecule has 3 aliphatic carbocycles. The van der Waals surface area contributed by atoms with E-state index < -0.39 is 0 Å². The predicted molar refractivity (Wildman–Crippen MR) is 256 cm³/mol. The average molecular weight is 782 g/mol. The Kier molecular flexibility index (Phi) is 8.96. The van der Waals surface area contributed by atoms with Crippen molar-refractivity contribution in [1.82, 2.24) is 0 Å². The molecule has 1 nitrogen and oxygen atoms in total. The molecule has 1 heteroatoms. The van der Waals surface area contributed by atoms with E-state index in [1.165, 1.54) is 127 Å². The molecule has 0 heterocycles. The van der Waals surface area contributed by atoms with Gasteiger partial charge >= 0.3 is 0 Å². The van der Waals surface area contributed by atoms with Crippen molar-refractivity contribution in [3.8, 4) is 44.5 Å². The molecule has 0 N–H and O–H groups in total. The molecule has 0 atom stereocenters. The highest BCUT2D eigenvalue weighted by atomic mass is 15.1. The van der Waals surface area contributed by atoms with Gasteiger partial charge in [0.25, 0.3) is 0 Å². The molecule has 0 aromatic heterocycles. The molecule has 60 heavy (non-hydrogen) atoms. The van der Waals surface area contributed by atoms with Gasteiger partial charge in [-0.05, 0) is 126 Å². The third-order valence-corrected chi connectivity index (χ3v) is 14.3. The minimum atomic E-state index is -0.114. The van der Waals surface area contributed by atoms with Crippen molar-refractivity contribution in [1.29, 1.82) is 0 Å². The van der Waals surface area contributed by atoms with E-state index >= 15 is 0 Å². The zero-order chi connectivity index (χ0) is 41.6. The summed E-state index contributed by atoms with van der Waals surface area (Å²) in [5.41, 5.74) is 22.7. The van der Waals surface area contributed by atoms with Crippen molar-refractivity contribution >= 4 is 17.1 Å². The van der Waals surface area contributed by atoms with Gasteiger partial charge in [-0.1, -0.05) is 196 Å². The third-order valence-electron chi connectivity index (χ3n) is 14.3. The van der Waals surface area contributed by atoms with Gasteiger partial charge in [0, 0.05) is 27.8 Å². The van der Waals surface area contributed by atoms with Crippen LogP contribution in [0.25, 0.3) is 44.5 Å². The third kappa shape index (κ3) is 6.10. The largest absolute Gasteiger partial charge is 0.310 e. The summed E-state index contributed by atoms with van der Waals surface area (Å²) in [4.78, 5) is 2.57. The second-order valence-corrected chi connectivity index (χ2v) is 20.5. The van der Waals surface area contributed by atoms with Crippen LogP contribution in [-0.2, 0) is 21.7 Å². The Balaban J connectivity index is 1.21. The SMILES string of the molecule is CC(C)(C)c1cc(-c2ccccc2N(c2cccc(-c3cccc4c3C(C)(C)c3ccccc3-4)c2)c2ccc3c(c2)C2(CCCCC2)c2ccccc2-3)cc(C(C)(C)C)c1. The lowest BCUT2D eigenvalue weighted by Crippen LogP contribution is -2.28. The molecule has 1 spiro atoms. The zero-order valence-corrected chi connectivity index (χ0v) is 36.9. The molecule has 7 aromatic rings. The van der Waals surface area contributed by atoms with Gasteiger partial charge in [0.15, 0.2) is 0 Å². The van der Waals surface area contributed by atoms with Crippen LogP contribution in [0.3, 0.4) is 0 Å². The van der Waals surface area contributed by atoms with Crippen molar-refractivity contribution in [2.75, 3.05) is 4.90 Å². The van der Waals surface area contributed by atoms with Gasteiger partial charge < -0.3 is 4.90 Å². The Bertz CT molecular complexity index is 2760. The van der Waals surface area contributed by atoms with Crippen LogP contribution in [0.4, 0.5) is 17.1 Å². The topological polar surface area (TPSA) is 3.24 Å². The Labute approximate surface area is 359 Å². The summed E-state index contributed by atoms with van der Waals surface area (Å²) in [6.07, 6.45) is 6.28. The first-order chi connectivity index (χ1) is 28.8. The summed E-state index contributed by atoms with van der Waals surface area (Å²) >= 11 is 0. The fraction of sp³-hybridized carbons (Fsp3) is 0.288. The molecule has 0 bridgehead atoms. The Morgan fingerprint density at radius 3 is 1.67 bits per heavy atom. The fourth-order valence-electron chi connectivity index (χ4n) is 11.2. The van der Waals surface area contributed by atoms with E-state index in [4.69, 9.17) is 0 Å². The molecule has 0 radical (unpaired) electrons. The van der Waals surface area contributed by atoms with Gasteiger partial charge in [-0.15, -0.1) is 0 Å². The maximum Gasteiger partial charge on any atom is 0.0540 e. The maximum absolute atomic E-state index is 2.58. The quantitative estimate of drug-likeness (QED) is 0.168. The molecular weight excluding hydrogens is 723 g/mol. The van der Waals surface area contributed by atoms with Crippen molar-refractivity contribution in [2.45, 2.75) is 109 Å². The number of nitrogens with zero attached hydrogens (tertiary/aromatic N) is 1. The summed E-state index contributed by atoms with van der Waals surface area (Å²) < 4.78 is 0. The Morgan fingerprint density at radius 1 is 0.417 bits per heavy atom. The van der Waals surface area contributed by atoms with Gasteiger partial charge in [0.1, 0.15) is 0 Å². The van der Waals surface area contributed by atoms with Crippen LogP contribution in [-0.4, -0.2) is 0 Å². The van der Waals surface area contributed by atoms with Gasteiger partial charge in [-0.25, -0.2) is 0 Å². The van der Waals surface area contributed by atoms with Crippen LogP contribution in [0, 0.1) is 0 Å². The maximum atomic E-state index is 2.58. The Hall–Kier alpha value is -5.66. The highest BCUT2D eigenvalue weighted by Crippen LogP contribution is 2.58. The molecule has 300 valence electrons. The van der Waals surface area contributed by atoms with Gasteiger partial charge in [0.05, 0.1) is 5.69 Å². The molecule has 0 saturated heterocycles. The number of hydrogen-bond donors (Lipinski definition) is 0. The number of para-hydroxylation sites is 1. The lowest BCUT2D eigenvalue weighted by molar-refractivity contribution is 0.353. The van der Waals surface area contributed by atoms with E-state index in [0.717, 1.165) is 0 Å². The summed E-state index contributed by atoms with van der Waals surface area (Å²) in [6.45, 7) is 18.8. The number of fused-ring (bicyclic) bond motifs is 8. The van der Waals surface area contributed by atoms with Crippen molar-refractivity contribution in [3.05, 3.63) is 185 Å². The van der Waals surface area contributed by atoms with Gasteiger partial charge in [-0.2, -0.15) is 0 Å². The summed E-state index contributed by atoms with van der Waals surface area (Å²) in [7, 11) is 0. The molecule has 10 rings (SSSR count). The molecule has 0 amide bonds. The van der Waals surface area contributed by atoms with E-state index in [9.17, 15) is 0 Å². The first-order valence-corrected chi connectivity index (χ1v) is 22.4. The predicted octanol–water partition coefficient (Wildman–Crippen LogP) is 16.6. The average Bonchev–Trinajstić information content (AvgIpc) is 3.65. The summed E-state index contributed by atoms with van der Waals surface area (Å²) in [5, 5.41) is 0. The van der Waals surface area contributed by atoms with E-state index in [2.05, 4.69) is 212 Å². The first-order valence-electron chi connectivity index (χ1n) is 22.4. The van der Waals surface area contributed by atoms with E-state index in [0.29, 0.717) is 0 Å². The molecular formula is C59H59N. The van der Waals surface area contributed by atoms with Crippen LogP contribution in [0.1, 0.15) is 121 Å². The Morgan fingerprint density at radius 2 is 0.967 bits per heavy atom. The van der Waals surface area contributed by atoms with Crippen LogP contribution in [0.2, 0.25) is 0 Å². The normalized spacial score (nSPS) is 15.9. The van der Waals surface area contributed by atoms with Crippen LogP contribution in [0.15, 0.2) is 152 Å². The minimum Gasteiger partial charge on any atom is -0.310 e. The van der Waals surface area contributed by atoms with Gasteiger partial charge in [-0.3, -0.25) is 0 Å². The monoisotopic (exact) mass is 781 g/mol. The van der Waals surface area contributed by atoms with Crippen LogP contribution in [0.5, 0.6) is 0 Å². The molecule has 1 fully saturated rings. The standard InChI is InChI=1S/C59H59N/c1-56(2,3)41-34-40(35-42(37-41)57(4,5)6)45-22-12-15-29-54(45)60(44-30-31-49-47-23-11-14-28-52(47)59(53(49)38-44)32-16-9-17-33-59)43-21-18-20-39(36-43)46-25-19-26-50-48-24-10-13-27-51(48)58(7,8)55(46)50/h10-15,18-31,34-38H,9,16-17,32-33H2,1-8H3. The second-order valence-electron chi connectivity index (χ2n) is 20.5. The lowest BCUT2D eigenvalue weighted by Gasteiger charge is -2.37. The molecule has 1 saturated carbocycles. The second kappa shape index (κ2) is 14.0. The highest BCUT2D eigenvalue weighted by molar-refractivity contribution is 5.93.